The van der Waals surface area contributed by atoms with Gasteiger partial charge in [-0.05, 0) is 22.3 Å². The van der Waals surface area contributed by atoms with Crippen molar-refractivity contribution in [2.75, 3.05) is 6.54 Å². The van der Waals surface area contributed by atoms with E-state index in [1.165, 1.54) is 11.1 Å². The first-order chi connectivity index (χ1) is 12.3. The molecule has 5 heteroatoms. The van der Waals surface area contributed by atoms with Gasteiger partial charge in [0.2, 0.25) is 5.91 Å². The zero-order valence-corrected chi connectivity index (χ0v) is 13.6. The Morgan fingerprint density at radius 1 is 1.04 bits per heavy atom. The molecule has 0 bridgehead atoms. The summed E-state index contributed by atoms with van der Waals surface area (Å²) in [6.45, 7) is 0.769. The fourth-order valence-electron chi connectivity index (χ4n) is 3.97. The Morgan fingerprint density at radius 2 is 1.72 bits per heavy atom. The fourth-order valence-corrected chi connectivity index (χ4v) is 3.97. The number of aromatic nitrogens is 2. The van der Waals surface area contributed by atoms with Crippen LogP contribution in [0.5, 0.6) is 0 Å². The highest BCUT2D eigenvalue weighted by molar-refractivity contribution is 5.87. The molecular weight excluding hydrogens is 312 g/mol. The van der Waals surface area contributed by atoms with Crippen molar-refractivity contribution in [3.05, 3.63) is 77.4 Å². The summed E-state index contributed by atoms with van der Waals surface area (Å²) in [5.41, 5.74) is 6.54. The van der Waals surface area contributed by atoms with E-state index in [0.717, 1.165) is 35.5 Å². The third-order valence-electron chi connectivity index (χ3n) is 5.13. The molecule has 1 aliphatic carbocycles. The van der Waals surface area contributed by atoms with Crippen LogP contribution in [0.2, 0.25) is 0 Å². The molecule has 1 atom stereocenters. The summed E-state index contributed by atoms with van der Waals surface area (Å²) in [5, 5.41) is 6.52. The van der Waals surface area contributed by atoms with Crippen molar-refractivity contribution in [2.45, 2.75) is 18.5 Å². The minimum Gasteiger partial charge on any atom is -0.348 e. The number of hydrogen-bond acceptors (Lipinski definition) is 3. The largest absolute Gasteiger partial charge is 0.348 e. The Hall–Kier alpha value is -2.92. The van der Waals surface area contributed by atoms with E-state index in [9.17, 15) is 4.79 Å². The normalized spacial score (nSPS) is 18.3. The summed E-state index contributed by atoms with van der Waals surface area (Å²) >= 11 is 0. The van der Waals surface area contributed by atoms with Crippen LogP contribution in [-0.4, -0.2) is 22.4 Å². The van der Waals surface area contributed by atoms with E-state index in [1.807, 2.05) is 24.3 Å². The molecule has 5 nitrogen and oxygen atoms in total. The van der Waals surface area contributed by atoms with Crippen LogP contribution in [0.25, 0.3) is 11.1 Å². The number of hydrogen-bond donors (Lipinski definition) is 3. The predicted molar refractivity (Wildman–Crippen MR) is 94.9 cm³/mol. The quantitative estimate of drug-likeness (QED) is 0.676. The molecule has 5 rings (SSSR count). The number of imidazole rings is 1. The summed E-state index contributed by atoms with van der Waals surface area (Å²) in [7, 11) is 0. The second-order valence-electron chi connectivity index (χ2n) is 6.52. The Morgan fingerprint density at radius 3 is 2.44 bits per heavy atom. The van der Waals surface area contributed by atoms with Crippen LogP contribution in [0.1, 0.15) is 34.6 Å². The third kappa shape index (κ3) is 2.20. The van der Waals surface area contributed by atoms with E-state index >= 15 is 0 Å². The van der Waals surface area contributed by atoms with E-state index < -0.39 is 6.04 Å². The summed E-state index contributed by atoms with van der Waals surface area (Å²) < 4.78 is 0. The molecule has 2 aliphatic rings. The lowest BCUT2D eigenvalue weighted by Crippen LogP contribution is -2.42. The maximum Gasteiger partial charge on any atom is 0.244 e. The number of H-pyrrole nitrogens is 1. The number of rotatable bonds is 2. The minimum atomic E-state index is -0.407. The van der Waals surface area contributed by atoms with Gasteiger partial charge < -0.3 is 15.6 Å². The van der Waals surface area contributed by atoms with Crippen molar-refractivity contribution >= 4 is 5.91 Å². The Bertz CT molecular complexity index is 916. The summed E-state index contributed by atoms with van der Waals surface area (Å²) in [6, 6.07) is 16.0. The highest BCUT2D eigenvalue weighted by Crippen LogP contribution is 2.43. The Kier molecular flexibility index (Phi) is 3.21. The van der Waals surface area contributed by atoms with Gasteiger partial charge in [-0.3, -0.25) is 4.79 Å². The van der Waals surface area contributed by atoms with E-state index in [-0.39, 0.29) is 11.9 Å². The third-order valence-corrected chi connectivity index (χ3v) is 5.13. The lowest BCUT2D eigenvalue weighted by atomic mass is 10.0. The molecule has 3 aromatic rings. The summed E-state index contributed by atoms with van der Waals surface area (Å²) in [6.07, 6.45) is 2.53. The average Bonchev–Trinajstić information content (AvgIpc) is 3.25. The lowest BCUT2D eigenvalue weighted by molar-refractivity contribution is -0.124. The highest BCUT2D eigenvalue weighted by atomic mass is 16.2. The van der Waals surface area contributed by atoms with Gasteiger partial charge in [-0.15, -0.1) is 0 Å². The summed E-state index contributed by atoms with van der Waals surface area (Å²) in [5.74, 6) is -0.0374. The van der Waals surface area contributed by atoms with E-state index in [1.54, 1.807) is 6.33 Å². The van der Waals surface area contributed by atoms with E-state index in [0.29, 0.717) is 0 Å². The molecule has 0 spiro atoms. The first kappa shape index (κ1) is 14.4. The number of carbonyl (C=O) groups excluding carboxylic acids is 1. The highest BCUT2D eigenvalue weighted by Gasteiger charge is 2.34. The van der Waals surface area contributed by atoms with Crippen LogP contribution in [0.3, 0.4) is 0 Å². The van der Waals surface area contributed by atoms with Gasteiger partial charge in [0.05, 0.1) is 18.1 Å². The van der Waals surface area contributed by atoms with Crippen LogP contribution < -0.4 is 10.6 Å². The number of benzene rings is 2. The monoisotopic (exact) mass is 330 g/mol. The number of fused-ring (bicyclic) bond motifs is 4. The van der Waals surface area contributed by atoms with E-state index in [2.05, 4.69) is 44.9 Å². The maximum absolute atomic E-state index is 13.0. The van der Waals surface area contributed by atoms with Gasteiger partial charge in [-0.1, -0.05) is 48.5 Å². The molecule has 0 saturated heterocycles. The summed E-state index contributed by atoms with van der Waals surface area (Å²) in [4.78, 5) is 20.5. The zero-order valence-electron chi connectivity index (χ0n) is 13.6. The molecule has 1 aliphatic heterocycles. The van der Waals surface area contributed by atoms with Crippen LogP contribution in [0.15, 0.2) is 54.9 Å². The maximum atomic E-state index is 13.0. The molecule has 0 saturated carbocycles. The number of nitrogens with zero attached hydrogens (tertiary/aromatic N) is 1. The van der Waals surface area contributed by atoms with Crippen LogP contribution in [0, 0.1) is 0 Å². The van der Waals surface area contributed by atoms with Gasteiger partial charge in [0.25, 0.3) is 0 Å². The first-order valence-corrected chi connectivity index (χ1v) is 8.57. The van der Waals surface area contributed by atoms with Crippen LogP contribution in [-0.2, 0) is 11.2 Å². The van der Waals surface area contributed by atoms with Gasteiger partial charge in [0.15, 0.2) is 0 Å². The molecular formula is C20H18N4O. The molecule has 124 valence electrons. The van der Waals surface area contributed by atoms with Gasteiger partial charge in [0, 0.05) is 18.7 Å². The smallest absolute Gasteiger partial charge is 0.244 e. The van der Waals surface area contributed by atoms with Gasteiger partial charge in [0.1, 0.15) is 6.04 Å². The van der Waals surface area contributed by atoms with Crippen molar-refractivity contribution in [2.24, 2.45) is 0 Å². The Labute approximate surface area is 145 Å². The number of amides is 1. The van der Waals surface area contributed by atoms with Gasteiger partial charge in [-0.25, -0.2) is 4.98 Å². The molecule has 1 amide bonds. The molecule has 3 N–H and O–H groups in total. The predicted octanol–water partition coefficient (Wildman–Crippen LogP) is 2.48. The Balaban J connectivity index is 1.50. The average molecular weight is 330 g/mol. The van der Waals surface area contributed by atoms with Crippen LogP contribution in [0.4, 0.5) is 0 Å². The molecule has 0 fully saturated rings. The number of carbonyl (C=O) groups is 1. The van der Waals surface area contributed by atoms with Crippen LogP contribution >= 0.6 is 0 Å². The minimum absolute atomic E-state index is 0.0374. The van der Waals surface area contributed by atoms with Crippen molar-refractivity contribution < 1.29 is 4.79 Å². The standard InChI is InChI=1S/C20H18N4O/c25-20(19-18-16(9-10-21-19)22-11-23-18)24-17-14-7-3-1-5-12(14)13-6-2-4-8-15(13)17/h1-8,11,17,19,21H,9-10H2,(H,22,23)(H,24,25)/t19-/m0/s1. The van der Waals surface area contributed by atoms with Gasteiger partial charge >= 0.3 is 0 Å². The molecule has 25 heavy (non-hydrogen) atoms. The topological polar surface area (TPSA) is 69.8 Å². The fraction of sp³-hybridized carbons (Fsp3) is 0.200. The van der Waals surface area contributed by atoms with Crippen molar-refractivity contribution in [3.8, 4) is 11.1 Å². The molecule has 2 aromatic carbocycles. The van der Waals surface area contributed by atoms with Crippen molar-refractivity contribution in [1.29, 1.82) is 0 Å². The van der Waals surface area contributed by atoms with Crippen molar-refractivity contribution in [1.82, 2.24) is 20.6 Å². The lowest BCUT2D eigenvalue weighted by Gasteiger charge is -2.24. The molecule has 1 aromatic heterocycles. The molecule has 0 unspecified atom stereocenters. The van der Waals surface area contributed by atoms with Gasteiger partial charge in [-0.2, -0.15) is 0 Å². The van der Waals surface area contributed by atoms with E-state index in [4.69, 9.17) is 0 Å². The number of aromatic amines is 1. The van der Waals surface area contributed by atoms with Crippen molar-refractivity contribution in [3.63, 3.8) is 0 Å². The second-order valence-corrected chi connectivity index (χ2v) is 6.52. The number of nitrogens with one attached hydrogen (secondary N) is 3. The first-order valence-electron chi connectivity index (χ1n) is 8.57. The molecule has 0 radical (unpaired) electrons. The SMILES string of the molecule is O=C(NC1c2ccccc2-c2ccccc21)[C@H]1NCCc2[nH]cnc21. The zero-order chi connectivity index (χ0) is 16.8. The molecule has 2 heterocycles. The second kappa shape index (κ2) is 5.57.